The predicted octanol–water partition coefficient (Wildman–Crippen LogP) is 5.29. The molecule has 0 unspecified atom stereocenters. The molecule has 46 heavy (non-hydrogen) atoms. The van der Waals surface area contributed by atoms with E-state index >= 15 is 0 Å². The van der Waals surface area contributed by atoms with Gasteiger partial charge in [-0.2, -0.15) is 15.1 Å². The molecule has 1 aliphatic carbocycles. The highest BCUT2D eigenvalue weighted by Crippen LogP contribution is 2.50. The van der Waals surface area contributed by atoms with Crippen LogP contribution in [-0.2, 0) is 15.9 Å². The summed E-state index contributed by atoms with van der Waals surface area (Å²) in [6, 6.07) is 4.39. The summed E-state index contributed by atoms with van der Waals surface area (Å²) < 4.78 is 32.3. The monoisotopic (exact) mass is 627 g/mol. The highest BCUT2D eigenvalue weighted by Gasteiger charge is 2.50. The van der Waals surface area contributed by atoms with Crippen LogP contribution in [0.4, 0.5) is 15.0 Å². The number of H-pyrrole nitrogens is 1. The number of aromatic nitrogens is 5. The largest absolute Gasteiger partial charge is 0.508 e. The summed E-state index contributed by atoms with van der Waals surface area (Å²) in [7, 11) is 0. The Hall–Kier alpha value is -4.06. The number of nitrogens with one attached hydrogen (secondary N) is 1. The van der Waals surface area contributed by atoms with Crippen molar-refractivity contribution in [2.75, 3.05) is 44.3 Å². The minimum absolute atomic E-state index is 0.0480. The van der Waals surface area contributed by atoms with Crippen molar-refractivity contribution in [3.05, 3.63) is 35.7 Å². The number of piperidine rings is 1. The zero-order valence-electron chi connectivity index (χ0n) is 26.1. The Labute approximate surface area is 265 Å². The van der Waals surface area contributed by atoms with Gasteiger partial charge in [0.2, 0.25) is 0 Å². The number of anilines is 1. The summed E-state index contributed by atoms with van der Waals surface area (Å²) >= 11 is 0. The van der Waals surface area contributed by atoms with Crippen LogP contribution < -0.4 is 9.64 Å². The van der Waals surface area contributed by atoms with Crippen LogP contribution in [-0.4, -0.2) is 93.4 Å². The Bertz CT molecular complexity index is 1860. The Morgan fingerprint density at radius 1 is 1.11 bits per heavy atom. The van der Waals surface area contributed by atoms with Gasteiger partial charge < -0.3 is 19.1 Å². The lowest BCUT2D eigenvalue weighted by molar-refractivity contribution is -0.0717. The Morgan fingerprint density at radius 2 is 2.00 bits per heavy atom. The number of halogens is 1. The first-order chi connectivity index (χ1) is 22.4. The summed E-state index contributed by atoms with van der Waals surface area (Å²) in [6.45, 7) is 5.63. The van der Waals surface area contributed by atoms with E-state index in [1.165, 1.54) is 0 Å². The second-order valence-electron chi connectivity index (χ2n) is 14.2. The molecule has 12 heteroatoms. The number of pyridine rings is 1. The lowest BCUT2D eigenvalue weighted by Gasteiger charge is -2.52. The summed E-state index contributed by atoms with van der Waals surface area (Å²) in [5.74, 6) is 0.805. The molecule has 4 aromatic rings. The number of hydrogen-bond acceptors (Lipinski definition) is 10. The Morgan fingerprint density at radius 3 is 2.91 bits per heavy atom. The highest BCUT2D eigenvalue weighted by molar-refractivity contribution is 5.99. The van der Waals surface area contributed by atoms with Gasteiger partial charge in [-0.05, 0) is 80.7 Å². The average molecular weight is 628 g/mol. The minimum atomic E-state index is -0.828. The van der Waals surface area contributed by atoms with Gasteiger partial charge in [0.15, 0.2) is 0 Å². The van der Waals surface area contributed by atoms with Gasteiger partial charge in [-0.15, -0.1) is 0 Å². The molecule has 0 radical (unpaired) electrons. The first-order valence-electron chi connectivity index (χ1n) is 16.6. The van der Waals surface area contributed by atoms with Gasteiger partial charge in [-0.1, -0.05) is 0 Å². The van der Waals surface area contributed by atoms with E-state index in [1.54, 1.807) is 0 Å². The number of aryl methyl sites for hydroxylation is 1. The van der Waals surface area contributed by atoms with Gasteiger partial charge in [0.05, 0.1) is 40.5 Å². The first kappa shape index (κ1) is 28.2. The molecular weight excluding hydrogens is 589 g/mol. The molecule has 11 rings (SSSR count). The van der Waals surface area contributed by atoms with Crippen molar-refractivity contribution in [1.82, 2.24) is 30.0 Å². The van der Waals surface area contributed by atoms with Crippen LogP contribution in [0.5, 0.6) is 6.01 Å². The zero-order chi connectivity index (χ0) is 31.0. The third kappa shape index (κ3) is 4.58. The maximum Gasteiger partial charge on any atom is 0.508 e. The van der Waals surface area contributed by atoms with Crippen LogP contribution in [0.25, 0.3) is 33.1 Å². The maximum atomic E-state index is 14.5. The number of alkyl halides is 1. The van der Waals surface area contributed by atoms with Crippen molar-refractivity contribution in [2.24, 2.45) is 5.41 Å². The van der Waals surface area contributed by atoms with E-state index in [0.29, 0.717) is 32.0 Å². The molecule has 11 nitrogen and oxygen atoms in total. The number of hydrogen-bond donors (Lipinski definition) is 1. The summed E-state index contributed by atoms with van der Waals surface area (Å²) in [4.78, 5) is 32.3. The number of benzene rings is 1. The van der Waals surface area contributed by atoms with E-state index in [9.17, 15) is 9.18 Å². The molecule has 0 amide bonds. The lowest BCUT2D eigenvalue weighted by Crippen LogP contribution is -2.53. The fourth-order valence-electron chi connectivity index (χ4n) is 9.08. The number of nitrogens with zero attached hydrogens (tertiary/aromatic N) is 6. The van der Waals surface area contributed by atoms with Crippen LogP contribution >= 0.6 is 0 Å². The van der Waals surface area contributed by atoms with Crippen molar-refractivity contribution in [3.8, 4) is 17.3 Å². The molecule has 9 heterocycles. The van der Waals surface area contributed by atoms with Crippen LogP contribution in [0.15, 0.2) is 24.5 Å². The van der Waals surface area contributed by atoms with Gasteiger partial charge in [0.25, 0.3) is 0 Å². The first-order valence-corrected chi connectivity index (χ1v) is 16.6. The van der Waals surface area contributed by atoms with Crippen LogP contribution in [0, 0.1) is 12.3 Å². The molecule has 240 valence electrons. The molecule has 1 aromatic carbocycles. The third-order valence-electron chi connectivity index (χ3n) is 11.2. The molecule has 7 bridgehead atoms. The topological polar surface area (TPSA) is 119 Å². The second-order valence-corrected chi connectivity index (χ2v) is 14.2. The van der Waals surface area contributed by atoms with E-state index < -0.39 is 12.3 Å². The van der Waals surface area contributed by atoms with Gasteiger partial charge in [-0.25, -0.2) is 9.18 Å². The molecule has 1 spiro atoms. The standard InChI is InChI=1S/C34H38FN7O4/c1-20-10-27-24(16-37-40-27)29-23(20)4-9-44-32(43)46-22-13-33(14-22)5-2-7-41(18-33)30-25-15-36-28(29)11-26(25)38-31(39-30)45-19-34-6-3-8-42(34)17-21(35)12-34/h10-11,15-16,21-22H,2-9,12-14,17-19H2,1H3,(H,37,40)/t21-,22?,33?,34+/m1/s1. The molecular formula is C34H38FN7O4. The molecule has 2 atom stereocenters. The summed E-state index contributed by atoms with van der Waals surface area (Å²) in [6.07, 6.45) is 8.75. The summed E-state index contributed by atoms with van der Waals surface area (Å²) in [5.41, 5.74) is 5.13. The maximum absolute atomic E-state index is 14.5. The normalized spacial score (nSPS) is 29.3. The number of aromatic amines is 1. The van der Waals surface area contributed by atoms with E-state index in [0.717, 1.165) is 108 Å². The smallest absolute Gasteiger partial charge is 0.461 e. The molecule has 1 N–H and O–H groups in total. The van der Waals surface area contributed by atoms with E-state index in [-0.39, 0.29) is 23.7 Å². The number of fused-ring (bicyclic) bond motifs is 2. The predicted molar refractivity (Wildman–Crippen MR) is 169 cm³/mol. The van der Waals surface area contributed by atoms with E-state index in [4.69, 9.17) is 29.2 Å². The molecule has 3 saturated heterocycles. The molecule has 6 aliphatic heterocycles. The fraction of sp³-hybridized carbons (Fsp3) is 0.559. The minimum Gasteiger partial charge on any atom is -0.461 e. The molecule has 1 saturated carbocycles. The zero-order valence-corrected chi connectivity index (χ0v) is 26.1. The third-order valence-corrected chi connectivity index (χ3v) is 11.2. The van der Waals surface area contributed by atoms with E-state index in [1.807, 2.05) is 25.4 Å². The van der Waals surface area contributed by atoms with Gasteiger partial charge in [0.1, 0.15) is 24.7 Å². The van der Waals surface area contributed by atoms with Crippen molar-refractivity contribution >= 4 is 33.8 Å². The molecule has 3 aromatic heterocycles. The quantitative estimate of drug-likeness (QED) is 0.300. The lowest BCUT2D eigenvalue weighted by atomic mass is 9.62. The van der Waals surface area contributed by atoms with Gasteiger partial charge >= 0.3 is 12.2 Å². The Balaban J connectivity index is 1.18. The van der Waals surface area contributed by atoms with Gasteiger partial charge in [-0.3, -0.25) is 15.0 Å². The number of rotatable bonds is 3. The van der Waals surface area contributed by atoms with Crippen LogP contribution in [0.2, 0.25) is 0 Å². The van der Waals surface area contributed by atoms with E-state index in [2.05, 4.69) is 26.1 Å². The molecule has 7 aliphatic rings. The molecule has 4 fully saturated rings. The van der Waals surface area contributed by atoms with Crippen LogP contribution in [0.3, 0.4) is 0 Å². The fourth-order valence-corrected chi connectivity index (χ4v) is 9.08. The van der Waals surface area contributed by atoms with Crippen molar-refractivity contribution in [2.45, 2.75) is 76.1 Å². The number of ether oxygens (including phenoxy) is 3. The van der Waals surface area contributed by atoms with Crippen LogP contribution in [0.1, 0.15) is 56.1 Å². The Kier molecular flexibility index (Phi) is 6.42. The van der Waals surface area contributed by atoms with Crippen molar-refractivity contribution in [3.63, 3.8) is 0 Å². The SMILES string of the molecule is Cc1cc2[nH]ncc2c2c1CCOC(=O)OC1CC3(CCCN(C3)c3nc(OC[C@@]45CCCN4C[C@H](F)C5)nc4cc-2ncc34)C1. The average Bonchev–Trinajstić information content (AvgIpc) is 3.72. The summed E-state index contributed by atoms with van der Waals surface area (Å²) in [5, 5.41) is 9.22. The number of carbonyl (C=O) groups excluding carboxylic acids is 1. The van der Waals surface area contributed by atoms with Crippen molar-refractivity contribution < 1.29 is 23.4 Å². The van der Waals surface area contributed by atoms with Crippen molar-refractivity contribution in [1.29, 1.82) is 0 Å². The highest BCUT2D eigenvalue weighted by atomic mass is 19.1. The van der Waals surface area contributed by atoms with Gasteiger partial charge in [0, 0.05) is 49.6 Å². The number of carbonyl (C=O) groups is 1. The second kappa shape index (κ2) is 10.5.